The van der Waals surface area contributed by atoms with Gasteiger partial charge in [-0.1, -0.05) is 12.2 Å². The number of rotatable bonds is 6. The summed E-state index contributed by atoms with van der Waals surface area (Å²) in [6.45, 7) is 0.291. The lowest BCUT2D eigenvalue weighted by Crippen LogP contribution is -2.25. The lowest BCUT2D eigenvalue weighted by molar-refractivity contribution is 0.583. The van der Waals surface area contributed by atoms with Gasteiger partial charge in [0.15, 0.2) is 0 Å². The van der Waals surface area contributed by atoms with E-state index in [1.807, 2.05) is 19.3 Å². The van der Waals surface area contributed by atoms with Crippen LogP contribution in [-0.4, -0.2) is 29.7 Å². The number of aryl methyl sites for hydroxylation is 1. The minimum Gasteiger partial charge on any atom is -0.389 e. The van der Waals surface area contributed by atoms with E-state index in [-0.39, 0.29) is 9.20 Å². The van der Waals surface area contributed by atoms with Crippen LogP contribution >= 0.6 is 23.6 Å². The predicted octanol–water partition coefficient (Wildman–Crippen LogP) is 0.637. The van der Waals surface area contributed by atoms with Gasteiger partial charge in [-0.05, 0) is 18.2 Å². The minimum absolute atomic E-state index is 0.199. The first kappa shape index (κ1) is 15.1. The third kappa shape index (κ3) is 3.63. The maximum atomic E-state index is 12.1. The first-order valence-corrected chi connectivity index (χ1v) is 8.47. The number of aromatic nitrogens is 2. The molecule has 0 spiro atoms. The van der Waals surface area contributed by atoms with Crippen LogP contribution in [0.2, 0.25) is 0 Å². The molecule has 0 aromatic carbocycles. The third-order valence-electron chi connectivity index (χ3n) is 2.53. The van der Waals surface area contributed by atoms with Gasteiger partial charge in [0.05, 0.1) is 10.6 Å². The van der Waals surface area contributed by atoms with Crippen LogP contribution in [0, 0.1) is 0 Å². The first-order chi connectivity index (χ1) is 9.38. The normalized spacial score (nSPS) is 11.7. The summed E-state index contributed by atoms with van der Waals surface area (Å²) in [6, 6.07) is 4.97. The molecule has 2 heterocycles. The molecule has 0 bridgehead atoms. The number of hydrogen-bond donors (Lipinski definition) is 2. The van der Waals surface area contributed by atoms with Gasteiger partial charge in [0.25, 0.3) is 0 Å². The summed E-state index contributed by atoms with van der Waals surface area (Å²) in [6.07, 6.45) is 2.35. The van der Waals surface area contributed by atoms with Crippen molar-refractivity contribution in [1.29, 1.82) is 0 Å². The van der Waals surface area contributed by atoms with Crippen LogP contribution in [0.1, 0.15) is 10.6 Å². The number of nitrogens with zero attached hydrogens (tertiary/aromatic N) is 2. The third-order valence-corrected chi connectivity index (χ3v) is 5.95. The fourth-order valence-electron chi connectivity index (χ4n) is 1.58. The molecule has 2 aromatic rings. The molecule has 0 aliphatic carbocycles. The molecule has 9 heteroatoms. The van der Waals surface area contributed by atoms with Crippen molar-refractivity contribution in [2.24, 2.45) is 12.8 Å². The second kappa shape index (κ2) is 6.00. The Labute approximate surface area is 126 Å². The highest BCUT2D eigenvalue weighted by Gasteiger charge is 2.17. The van der Waals surface area contributed by atoms with Gasteiger partial charge in [0, 0.05) is 26.2 Å². The molecule has 3 N–H and O–H groups in total. The van der Waals surface area contributed by atoms with Crippen LogP contribution in [0.25, 0.3) is 0 Å². The second-order valence-corrected chi connectivity index (χ2v) is 7.63. The number of hydrogen-bond acceptors (Lipinski definition) is 5. The molecule has 0 amide bonds. The molecular weight excluding hydrogens is 316 g/mol. The van der Waals surface area contributed by atoms with Crippen molar-refractivity contribution in [1.82, 2.24) is 14.5 Å². The van der Waals surface area contributed by atoms with Gasteiger partial charge < -0.3 is 5.73 Å². The van der Waals surface area contributed by atoms with Crippen molar-refractivity contribution in [2.45, 2.75) is 10.6 Å². The highest BCUT2D eigenvalue weighted by molar-refractivity contribution is 7.91. The van der Waals surface area contributed by atoms with Gasteiger partial charge >= 0.3 is 0 Å². The number of sulfonamides is 1. The maximum absolute atomic E-state index is 12.1. The molecule has 0 aliphatic rings. The summed E-state index contributed by atoms with van der Waals surface area (Å²) in [7, 11) is -1.70. The Kier molecular flexibility index (Phi) is 4.53. The molecule has 0 aliphatic heterocycles. The van der Waals surface area contributed by atoms with Crippen molar-refractivity contribution in [3.8, 4) is 0 Å². The van der Waals surface area contributed by atoms with Crippen molar-refractivity contribution in [3.05, 3.63) is 35.0 Å². The van der Waals surface area contributed by atoms with Crippen LogP contribution in [-0.2, 0) is 23.5 Å². The Morgan fingerprint density at radius 1 is 1.50 bits per heavy atom. The fraction of sp³-hybridized carbons (Fsp3) is 0.273. The van der Waals surface area contributed by atoms with E-state index < -0.39 is 10.0 Å². The smallest absolute Gasteiger partial charge is 0.250 e. The van der Waals surface area contributed by atoms with Crippen LogP contribution in [0.3, 0.4) is 0 Å². The zero-order valence-corrected chi connectivity index (χ0v) is 13.2. The van der Waals surface area contributed by atoms with Gasteiger partial charge in [0.1, 0.15) is 9.20 Å². The molecule has 2 rings (SSSR count). The number of nitrogens with two attached hydrogens (primary N) is 1. The second-order valence-electron chi connectivity index (χ2n) is 4.11. The van der Waals surface area contributed by atoms with Gasteiger partial charge in [-0.2, -0.15) is 5.10 Å². The number of thiophene rings is 1. The molecule has 0 fully saturated rings. The van der Waals surface area contributed by atoms with E-state index in [2.05, 4.69) is 9.82 Å². The quantitative estimate of drug-likeness (QED) is 0.759. The first-order valence-electron chi connectivity index (χ1n) is 5.76. The van der Waals surface area contributed by atoms with E-state index in [0.717, 1.165) is 17.0 Å². The van der Waals surface area contributed by atoms with Gasteiger partial charge in [-0.25, -0.2) is 13.1 Å². The summed E-state index contributed by atoms with van der Waals surface area (Å²) < 4.78 is 28.5. The van der Waals surface area contributed by atoms with Crippen molar-refractivity contribution in [3.63, 3.8) is 0 Å². The van der Waals surface area contributed by atoms with Crippen LogP contribution in [0.4, 0.5) is 0 Å². The molecule has 0 radical (unpaired) electrons. The largest absolute Gasteiger partial charge is 0.389 e. The van der Waals surface area contributed by atoms with Crippen molar-refractivity contribution >= 4 is 38.6 Å². The lowest BCUT2D eigenvalue weighted by atomic mass is 10.3. The molecule has 0 unspecified atom stereocenters. The average Bonchev–Trinajstić information content (AvgIpc) is 2.98. The summed E-state index contributed by atoms with van der Waals surface area (Å²) in [5.41, 5.74) is 6.30. The standard InChI is InChI=1S/C11H14N4O2S3/c1-15-7-5-8(14-15)4-6-13-20(16,17)10-3-2-9(19-10)11(12)18/h2-3,5,7,13H,4,6H2,1H3,(H2,12,18). The molecule has 0 saturated carbocycles. The summed E-state index contributed by atoms with van der Waals surface area (Å²) in [5, 5.41) is 4.18. The molecule has 20 heavy (non-hydrogen) atoms. The van der Waals surface area contributed by atoms with Crippen LogP contribution in [0.5, 0.6) is 0 Å². The van der Waals surface area contributed by atoms with Crippen molar-refractivity contribution in [2.75, 3.05) is 6.54 Å². The molecule has 0 saturated heterocycles. The monoisotopic (exact) mass is 330 g/mol. The molecule has 0 atom stereocenters. The Morgan fingerprint density at radius 3 is 2.80 bits per heavy atom. The molecule has 2 aromatic heterocycles. The van der Waals surface area contributed by atoms with Gasteiger partial charge in [-0.15, -0.1) is 11.3 Å². The molecule has 108 valence electrons. The number of thiocarbonyl (C=S) groups is 1. The lowest BCUT2D eigenvalue weighted by Gasteiger charge is -2.03. The van der Waals surface area contributed by atoms with E-state index in [1.165, 1.54) is 6.07 Å². The van der Waals surface area contributed by atoms with E-state index in [9.17, 15) is 8.42 Å². The maximum Gasteiger partial charge on any atom is 0.250 e. The van der Waals surface area contributed by atoms with E-state index in [0.29, 0.717) is 17.8 Å². The topological polar surface area (TPSA) is 90.0 Å². The fourth-order valence-corrected chi connectivity index (χ4v) is 4.01. The van der Waals surface area contributed by atoms with Crippen molar-refractivity contribution < 1.29 is 8.42 Å². The van der Waals surface area contributed by atoms with E-state index in [4.69, 9.17) is 18.0 Å². The molecule has 6 nitrogen and oxygen atoms in total. The summed E-state index contributed by atoms with van der Waals surface area (Å²) >= 11 is 5.88. The summed E-state index contributed by atoms with van der Waals surface area (Å²) in [5.74, 6) is 0. The van der Waals surface area contributed by atoms with E-state index in [1.54, 1.807) is 10.7 Å². The highest BCUT2D eigenvalue weighted by Crippen LogP contribution is 2.21. The zero-order valence-electron chi connectivity index (χ0n) is 10.7. The predicted molar refractivity (Wildman–Crippen MR) is 82.3 cm³/mol. The van der Waals surface area contributed by atoms with Gasteiger partial charge in [-0.3, -0.25) is 4.68 Å². The van der Waals surface area contributed by atoms with Crippen LogP contribution < -0.4 is 10.5 Å². The average molecular weight is 330 g/mol. The summed E-state index contributed by atoms with van der Waals surface area (Å²) in [4.78, 5) is 0.787. The Balaban J connectivity index is 1.98. The van der Waals surface area contributed by atoms with Gasteiger partial charge in [0.2, 0.25) is 10.0 Å². The zero-order chi connectivity index (χ0) is 14.8. The number of nitrogens with one attached hydrogen (secondary N) is 1. The Hall–Kier alpha value is -1.29. The Bertz CT molecular complexity index is 718. The van der Waals surface area contributed by atoms with E-state index >= 15 is 0 Å². The highest BCUT2D eigenvalue weighted by atomic mass is 32.2. The SMILES string of the molecule is Cn1ccc(CCNS(=O)(=O)c2ccc(C(N)=S)s2)n1. The van der Waals surface area contributed by atoms with Crippen LogP contribution in [0.15, 0.2) is 28.6 Å². The Morgan fingerprint density at radius 2 is 2.25 bits per heavy atom. The minimum atomic E-state index is -3.52. The molecular formula is C11H14N4O2S3.